The number of hydrogen-bond donors (Lipinski definition) is 0. The molecule has 0 spiro atoms. The average Bonchev–Trinajstić information content (AvgIpc) is 3.40. The largest absolute Gasteiger partial charge is 0.307 e. The van der Waals surface area contributed by atoms with Crippen LogP contribution in [-0.4, -0.2) is 0 Å². The highest BCUT2D eigenvalue weighted by Gasteiger charge is 2.27. The van der Waals surface area contributed by atoms with E-state index in [9.17, 15) is 0 Å². The van der Waals surface area contributed by atoms with E-state index in [2.05, 4.69) is 0 Å². The van der Waals surface area contributed by atoms with E-state index >= 15 is 26.3 Å². The first-order valence-corrected chi connectivity index (χ1v) is 24.1. The maximum absolute atomic E-state index is 16.9. The van der Waals surface area contributed by atoms with E-state index in [0.29, 0.717) is 56.1 Å². The van der Waals surface area contributed by atoms with Crippen molar-refractivity contribution in [2.75, 3.05) is 9.80 Å². The minimum absolute atomic E-state index is 0.245. The van der Waals surface area contributed by atoms with E-state index in [1.54, 1.807) is 121 Å². The number of rotatable bonds is 10. The van der Waals surface area contributed by atoms with Crippen molar-refractivity contribution >= 4 is 66.4 Å². The molecule has 12 aromatic carbocycles. The second kappa shape index (κ2) is 18.5. The summed E-state index contributed by atoms with van der Waals surface area (Å²) in [6.07, 6.45) is 0. The van der Waals surface area contributed by atoms with Crippen molar-refractivity contribution in [3.05, 3.63) is 264 Å². The topological polar surface area (TPSA) is 6.48 Å². The molecule has 0 atom stereocenters. The van der Waals surface area contributed by atoms with Crippen LogP contribution in [0.3, 0.4) is 0 Å². The van der Waals surface area contributed by atoms with Crippen molar-refractivity contribution in [2.24, 2.45) is 0 Å². The van der Waals surface area contributed by atoms with Crippen LogP contribution < -0.4 is 9.80 Å². The van der Waals surface area contributed by atoms with Crippen LogP contribution in [0.1, 0.15) is 11.1 Å². The molecule has 0 aliphatic rings. The average molecular weight is 977 g/mol. The van der Waals surface area contributed by atoms with Gasteiger partial charge in [0, 0.05) is 44.4 Å². The van der Waals surface area contributed by atoms with E-state index in [1.807, 2.05) is 84.3 Å². The third kappa shape index (κ3) is 7.87. The van der Waals surface area contributed by atoms with Gasteiger partial charge in [0.05, 0.1) is 22.7 Å². The number of halogens is 6. The first-order chi connectivity index (χ1) is 36.0. The monoisotopic (exact) mass is 976 g/mol. The van der Waals surface area contributed by atoms with Gasteiger partial charge >= 0.3 is 0 Å². The van der Waals surface area contributed by atoms with Crippen LogP contribution in [0, 0.1) is 48.8 Å². The minimum Gasteiger partial charge on any atom is -0.307 e. The predicted molar refractivity (Wildman–Crippen MR) is 290 cm³/mol. The molecule has 0 unspecified atom stereocenters. The van der Waals surface area contributed by atoms with Gasteiger partial charge in [-0.15, -0.1) is 0 Å². The quantitative estimate of drug-likeness (QED) is 0.0995. The molecule has 0 saturated carbocycles. The van der Waals surface area contributed by atoms with Crippen LogP contribution in [0.5, 0.6) is 0 Å². The van der Waals surface area contributed by atoms with Gasteiger partial charge in [-0.1, -0.05) is 133 Å². The van der Waals surface area contributed by atoms with Crippen LogP contribution in [0.25, 0.3) is 76.8 Å². The number of hydrogen-bond acceptors (Lipinski definition) is 2. The predicted octanol–water partition coefficient (Wildman–Crippen LogP) is 19.6. The second-order valence-corrected chi connectivity index (χ2v) is 18.5. The standard InChI is InChI=1S/C66H42F6N2/c1-39-13-11-23-59(71)65(39)73(47-35-43(49-15-3-7-19-55(49)67)33-44(36-47)50-16-4-8-20-56(50)68)61-31-27-41-26-30-54-62(32-28-42-25-29-53(61)63(41)64(42)54)74(66-40(2)14-12-24-60(66)72)48-37-45(51-17-5-9-21-57(51)69)34-46(38-48)52-18-6-10-22-58(52)70/h3-38H,1-2H3. The summed E-state index contributed by atoms with van der Waals surface area (Å²) in [4.78, 5) is 3.64. The Hall–Kier alpha value is -9.14. The molecule has 12 rings (SSSR count). The highest BCUT2D eigenvalue weighted by Crippen LogP contribution is 2.51. The lowest BCUT2D eigenvalue weighted by molar-refractivity contribution is 0.627. The zero-order valence-electron chi connectivity index (χ0n) is 39.9. The summed E-state index contributed by atoms with van der Waals surface area (Å²) >= 11 is 0. The first-order valence-electron chi connectivity index (χ1n) is 24.1. The molecule has 0 radical (unpaired) electrons. The Morgan fingerprint density at radius 3 is 0.892 bits per heavy atom. The zero-order chi connectivity index (χ0) is 50.8. The van der Waals surface area contributed by atoms with E-state index in [0.717, 1.165) is 32.3 Å². The van der Waals surface area contributed by atoms with Crippen molar-refractivity contribution in [1.82, 2.24) is 0 Å². The van der Waals surface area contributed by atoms with Crippen molar-refractivity contribution in [3.63, 3.8) is 0 Å². The first kappa shape index (κ1) is 46.0. The fourth-order valence-corrected chi connectivity index (χ4v) is 10.6. The Morgan fingerprint density at radius 2 is 0.581 bits per heavy atom. The summed E-state index contributed by atoms with van der Waals surface area (Å²) in [5.41, 5.74) is 6.79. The van der Waals surface area contributed by atoms with Crippen molar-refractivity contribution in [3.8, 4) is 44.5 Å². The van der Waals surface area contributed by atoms with Crippen LogP contribution in [0.2, 0.25) is 0 Å². The van der Waals surface area contributed by atoms with Gasteiger partial charge in [0.25, 0.3) is 0 Å². The Kier molecular flexibility index (Phi) is 11.5. The van der Waals surface area contributed by atoms with Crippen molar-refractivity contribution in [1.29, 1.82) is 0 Å². The number of nitrogens with zero attached hydrogens (tertiary/aromatic N) is 2. The molecule has 358 valence electrons. The minimum atomic E-state index is -0.509. The third-order valence-electron chi connectivity index (χ3n) is 14.0. The number of para-hydroxylation sites is 2. The molecule has 0 bridgehead atoms. The van der Waals surface area contributed by atoms with Gasteiger partial charge in [-0.05, 0) is 154 Å². The summed E-state index contributed by atoms with van der Waals surface area (Å²) in [6, 6.07) is 61.7. The highest BCUT2D eigenvalue weighted by atomic mass is 19.1. The van der Waals surface area contributed by atoms with E-state index in [4.69, 9.17) is 0 Å². The molecule has 0 N–H and O–H groups in total. The van der Waals surface area contributed by atoms with E-state index in [1.165, 1.54) is 36.4 Å². The van der Waals surface area contributed by atoms with Gasteiger partial charge in [-0.25, -0.2) is 26.3 Å². The Bertz CT molecular complexity index is 3730. The number of aryl methyl sites for hydroxylation is 2. The van der Waals surface area contributed by atoms with Crippen LogP contribution in [0.4, 0.5) is 60.5 Å². The molecular weight excluding hydrogens is 935 g/mol. The molecule has 0 amide bonds. The molecule has 12 aromatic rings. The molecule has 74 heavy (non-hydrogen) atoms. The van der Waals surface area contributed by atoms with E-state index in [-0.39, 0.29) is 33.6 Å². The molecule has 0 aromatic heterocycles. The lowest BCUT2D eigenvalue weighted by Crippen LogP contribution is -2.15. The van der Waals surface area contributed by atoms with Crippen LogP contribution in [-0.2, 0) is 0 Å². The van der Waals surface area contributed by atoms with Crippen LogP contribution >= 0.6 is 0 Å². The normalized spacial score (nSPS) is 11.5. The van der Waals surface area contributed by atoms with E-state index < -0.39 is 34.9 Å². The maximum Gasteiger partial charge on any atom is 0.147 e. The summed E-state index contributed by atoms with van der Waals surface area (Å²) < 4.78 is 96.9. The fraction of sp³-hybridized carbons (Fsp3) is 0.0303. The molecular formula is C66H42F6N2. The summed E-state index contributed by atoms with van der Waals surface area (Å²) in [5.74, 6) is -2.91. The summed E-state index contributed by atoms with van der Waals surface area (Å²) in [5, 5.41) is 4.87. The molecule has 0 fully saturated rings. The molecule has 0 aliphatic heterocycles. The van der Waals surface area contributed by atoms with Crippen molar-refractivity contribution in [2.45, 2.75) is 13.8 Å². The Labute approximate surface area is 423 Å². The Morgan fingerprint density at radius 1 is 0.284 bits per heavy atom. The maximum atomic E-state index is 16.9. The molecule has 8 heteroatoms. The summed E-state index contributed by atoms with van der Waals surface area (Å²) in [6.45, 7) is 3.65. The van der Waals surface area contributed by atoms with Crippen molar-refractivity contribution < 1.29 is 26.3 Å². The van der Waals surface area contributed by atoms with Crippen LogP contribution in [0.15, 0.2) is 218 Å². The number of benzene rings is 12. The van der Waals surface area contributed by atoms with Gasteiger partial charge in [0.2, 0.25) is 0 Å². The zero-order valence-corrected chi connectivity index (χ0v) is 39.9. The lowest BCUT2D eigenvalue weighted by Gasteiger charge is -2.31. The summed E-state index contributed by atoms with van der Waals surface area (Å²) in [7, 11) is 0. The van der Waals surface area contributed by atoms with Gasteiger partial charge in [-0.2, -0.15) is 0 Å². The third-order valence-corrected chi connectivity index (χ3v) is 14.0. The van der Waals surface area contributed by atoms with Gasteiger partial charge in [0.1, 0.15) is 34.9 Å². The lowest BCUT2D eigenvalue weighted by atomic mass is 9.91. The fourth-order valence-electron chi connectivity index (χ4n) is 10.6. The van der Waals surface area contributed by atoms with Gasteiger partial charge in [0.15, 0.2) is 0 Å². The second-order valence-electron chi connectivity index (χ2n) is 18.5. The highest BCUT2D eigenvalue weighted by molar-refractivity contribution is 6.28. The molecule has 2 nitrogen and oxygen atoms in total. The SMILES string of the molecule is Cc1cccc(F)c1N(c1cc(-c2ccccc2F)cc(-c2ccccc2F)c1)c1ccc2ccc3c(N(c4cc(-c5ccccc5F)cc(-c5ccccc5F)c4)c4c(C)cccc4F)ccc4ccc1c2c43. The number of anilines is 6. The van der Waals surface area contributed by atoms with Gasteiger partial charge in [-0.3, -0.25) is 0 Å². The van der Waals surface area contributed by atoms with Gasteiger partial charge < -0.3 is 9.80 Å². The Balaban J connectivity index is 1.14. The molecule has 0 aliphatic carbocycles. The molecule has 0 saturated heterocycles. The smallest absolute Gasteiger partial charge is 0.147 e. The molecule has 0 heterocycles.